The van der Waals surface area contributed by atoms with Gasteiger partial charge in [0.05, 0.1) is 18.0 Å². The number of hydrogen-bond acceptors (Lipinski definition) is 6. The molecular weight excluding hydrogens is 373 g/mol. The maximum Gasteiger partial charge on any atom is 0.265 e. The van der Waals surface area contributed by atoms with Gasteiger partial charge >= 0.3 is 0 Å². The van der Waals surface area contributed by atoms with Gasteiger partial charge in [0, 0.05) is 12.5 Å². The minimum atomic E-state index is -3.82. The number of benzene rings is 1. The number of rotatable bonds is 6. The second kappa shape index (κ2) is 6.87. The molecule has 1 aliphatic carbocycles. The fourth-order valence-corrected chi connectivity index (χ4v) is 4.82. The highest BCUT2D eigenvalue weighted by Crippen LogP contribution is 2.41. The van der Waals surface area contributed by atoms with E-state index >= 15 is 4.39 Å². The van der Waals surface area contributed by atoms with E-state index in [2.05, 4.69) is 10.1 Å². The van der Waals surface area contributed by atoms with E-state index < -0.39 is 15.7 Å². The van der Waals surface area contributed by atoms with Crippen LogP contribution in [0.15, 0.2) is 33.7 Å². The van der Waals surface area contributed by atoms with E-state index in [-0.39, 0.29) is 36.2 Å². The first-order chi connectivity index (χ1) is 12.9. The summed E-state index contributed by atoms with van der Waals surface area (Å²) < 4.78 is 53.1. The van der Waals surface area contributed by atoms with Gasteiger partial charge in [-0.05, 0) is 56.9 Å². The van der Waals surface area contributed by atoms with Crippen molar-refractivity contribution in [2.24, 2.45) is 0 Å². The predicted molar refractivity (Wildman–Crippen MR) is 94.7 cm³/mol. The Bertz CT molecular complexity index is 911. The number of nitrogens with zero attached hydrogens (tertiary/aromatic N) is 3. The Balaban J connectivity index is 1.55. The molecule has 1 aliphatic heterocycles. The van der Waals surface area contributed by atoms with E-state index in [9.17, 15) is 8.42 Å². The summed E-state index contributed by atoms with van der Waals surface area (Å²) in [7, 11) is -3.82. The zero-order valence-electron chi connectivity index (χ0n) is 15.1. The van der Waals surface area contributed by atoms with Crippen LogP contribution in [-0.2, 0) is 15.7 Å². The molecule has 1 saturated heterocycles. The molecule has 0 N–H and O–H groups in total. The first kappa shape index (κ1) is 18.4. The average molecular weight is 395 g/mol. The van der Waals surface area contributed by atoms with Gasteiger partial charge in [0.2, 0.25) is 15.7 Å². The van der Waals surface area contributed by atoms with Crippen LogP contribution in [0.25, 0.3) is 0 Å². The second-order valence-electron chi connectivity index (χ2n) is 7.04. The molecule has 0 amide bonds. The summed E-state index contributed by atoms with van der Waals surface area (Å²) in [5, 5.41) is 3.86. The Hall–Kier alpha value is -2.00. The van der Waals surface area contributed by atoms with Crippen LogP contribution in [0.4, 0.5) is 4.39 Å². The van der Waals surface area contributed by atoms with E-state index in [1.54, 1.807) is 12.1 Å². The molecule has 146 valence electrons. The van der Waals surface area contributed by atoms with Gasteiger partial charge in [0.15, 0.2) is 5.82 Å². The molecule has 2 aromatic rings. The smallest absolute Gasteiger partial charge is 0.265 e. The van der Waals surface area contributed by atoms with Crippen molar-refractivity contribution in [1.82, 2.24) is 14.4 Å². The Morgan fingerprint density at radius 2 is 2.07 bits per heavy atom. The lowest BCUT2D eigenvalue weighted by Crippen LogP contribution is -2.46. The SMILES string of the molecule is CCOc1ccc(S(=O)(=O)N2CCCC(F)(c3nc(C4CC4)no3)C2)cc1. The monoisotopic (exact) mass is 395 g/mol. The lowest BCUT2D eigenvalue weighted by molar-refractivity contribution is 0.0470. The molecule has 4 rings (SSSR count). The van der Waals surface area contributed by atoms with Gasteiger partial charge < -0.3 is 9.26 Å². The lowest BCUT2D eigenvalue weighted by Gasteiger charge is -2.34. The summed E-state index contributed by atoms with van der Waals surface area (Å²) in [4.78, 5) is 4.31. The van der Waals surface area contributed by atoms with E-state index in [4.69, 9.17) is 9.26 Å². The normalized spacial score (nSPS) is 24.1. The number of hydrogen-bond donors (Lipinski definition) is 0. The molecule has 1 atom stereocenters. The molecule has 2 fully saturated rings. The Labute approximate surface area is 157 Å². The molecule has 1 saturated carbocycles. The Morgan fingerprint density at radius 1 is 1.33 bits per heavy atom. The van der Waals surface area contributed by atoms with E-state index in [0.717, 1.165) is 17.1 Å². The molecule has 2 heterocycles. The molecule has 0 radical (unpaired) electrons. The maximum atomic E-state index is 15.5. The minimum absolute atomic E-state index is 0.111. The van der Waals surface area contributed by atoms with Crippen LogP contribution in [0.2, 0.25) is 0 Å². The van der Waals surface area contributed by atoms with Gasteiger partial charge in [0.1, 0.15) is 5.75 Å². The molecule has 9 heteroatoms. The van der Waals surface area contributed by atoms with E-state index in [1.807, 2.05) is 6.92 Å². The third-order valence-electron chi connectivity index (χ3n) is 4.95. The van der Waals surface area contributed by atoms with Crippen LogP contribution in [0.5, 0.6) is 5.75 Å². The molecule has 1 aromatic heterocycles. The number of sulfonamides is 1. The van der Waals surface area contributed by atoms with E-state index in [1.165, 1.54) is 12.1 Å². The van der Waals surface area contributed by atoms with Gasteiger partial charge in [0.25, 0.3) is 5.89 Å². The second-order valence-corrected chi connectivity index (χ2v) is 8.98. The van der Waals surface area contributed by atoms with Crippen LogP contribution >= 0.6 is 0 Å². The summed E-state index contributed by atoms with van der Waals surface area (Å²) in [6.45, 7) is 2.28. The molecular formula is C18H22FN3O4S. The third kappa shape index (κ3) is 3.58. The van der Waals surface area contributed by atoms with Gasteiger partial charge in [-0.15, -0.1) is 0 Å². The average Bonchev–Trinajstić information content (AvgIpc) is 3.38. The fourth-order valence-electron chi connectivity index (χ4n) is 3.30. The molecule has 1 unspecified atom stereocenters. The largest absolute Gasteiger partial charge is 0.494 e. The summed E-state index contributed by atoms with van der Waals surface area (Å²) >= 11 is 0. The van der Waals surface area contributed by atoms with Gasteiger partial charge in [-0.25, -0.2) is 12.8 Å². The van der Waals surface area contributed by atoms with Crippen molar-refractivity contribution in [2.45, 2.75) is 49.1 Å². The van der Waals surface area contributed by atoms with Crippen molar-refractivity contribution in [3.05, 3.63) is 36.0 Å². The molecule has 1 aromatic carbocycles. The highest BCUT2D eigenvalue weighted by molar-refractivity contribution is 7.89. The predicted octanol–water partition coefficient (Wildman–Crippen LogP) is 3.00. The first-order valence-electron chi connectivity index (χ1n) is 9.18. The van der Waals surface area contributed by atoms with Crippen LogP contribution in [0.1, 0.15) is 50.2 Å². The van der Waals surface area contributed by atoms with Crippen molar-refractivity contribution in [3.63, 3.8) is 0 Å². The minimum Gasteiger partial charge on any atom is -0.494 e. The van der Waals surface area contributed by atoms with Crippen LogP contribution in [0.3, 0.4) is 0 Å². The van der Waals surface area contributed by atoms with Crippen molar-refractivity contribution in [2.75, 3.05) is 19.7 Å². The number of halogens is 1. The summed E-state index contributed by atoms with van der Waals surface area (Å²) in [5.74, 6) is 1.25. The quantitative estimate of drug-likeness (QED) is 0.747. The molecule has 2 aliphatic rings. The Morgan fingerprint density at radius 3 is 2.74 bits per heavy atom. The molecule has 0 bridgehead atoms. The first-order valence-corrected chi connectivity index (χ1v) is 10.6. The van der Waals surface area contributed by atoms with Crippen molar-refractivity contribution >= 4 is 10.0 Å². The highest BCUT2D eigenvalue weighted by Gasteiger charge is 2.46. The molecule has 0 spiro atoms. The van der Waals surface area contributed by atoms with Crippen molar-refractivity contribution in [1.29, 1.82) is 0 Å². The number of ether oxygens (including phenoxy) is 1. The van der Waals surface area contributed by atoms with Crippen LogP contribution in [-0.4, -0.2) is 42.6 Å². The zero-order chi connectivity index (χ0) is 19.1. The van der Waals surface area contributed by atoms with Gasteiger partial charge in [-0.2, -0.15) is 9.29 Å². The topological polar surface area (TPSA) is 85.5 Å². The van der Waals surface area contributed by atoms with Gasteiger partial charge in [-0.3, -0.25) is 0 Å². The summed E-state index contributed by atoms with van der Waals surface area (Å²) in [6, 6.07) is 6.16. The van der Waals surface area contributed by atoms with E-state index in [0.29, 0.717) is 24.6 Å². The zero-order valence-corrected chi connectivity index (χ0v) is 15.9. The third-order valence-corrected chi connectivity index (χ3v) is 6.81. The highest BCUT2D eigenvalue weighted by atomic mass is 32.2. The standard InChI is InChI=1S/C18H22FN3O4S/c1-2-25-14-6-8-15(9-7-14)27(23,24)22-11-3-10-18(19,12-22)17-20-16(21-26-17)13-4-5-13/h6-9,13H,2-5,10-12H2,1H3. The van der Waals surface area contributed by atoms with Crippen LogP contribution < -0.4 is 4.74 Å². The summed E-state index contributed by atoms with van der Waals surface area (Å²) in [5.41, 5.74) is -1.96. The lowest BCUT2D eigenvalue weighted by atomic mass is 9.96. The molecule has 7 nitrogen and oxygen atoms in total. The maximum absolute atomic E-state index is 15.5. The Kier molecular flexibility index (Phi) is 4.67. The van der Waals surface area contributed by atoms with Gasteiger partial charge in [-0.1, -0.05) is 5.16 Å². The summed E-state index contributed by atoms with van der Waals surface area (Å²) in [6.07, 6.45) is 2.51. The molecule has 27 heavy (non-hydrogen) atoms. The van der Waals surface area contributed by atoms with Crippen molar-refractivity contribution < 1.29 is 22.1 Å². The fraction of sp³-hybridized carbons (Fsp3) is 0.556. The van der Waals surface area contributed by atoms with Crippen molar-refractivity contribution in [3.8, 4) is 5.75 Å². The number of alkyl halides is 1. The van der Waals surface area contributed by atoms with Crippen LogP contribution in [0, 0.1) is 0 Å². The number of piperidine rings is 1. The number of aromatic nitrogens is 2.